The second-order valence-electron chi connectivity index (χ2n) is 6.24. The van der Waals surface area contributed by atoms with E-state index >= 15 is 0 Å². The van der Waals surface area contributed by atoms with Crippen LogP contribution in [0.5, 0.6) is 0 Å². The first kappa shape index (κ1) is 13.3. The summed E-state index contributed by atoms with van der Waals surface area (Å²) in [6, 6.07) is 13.7. The molecule has 4 nitrogen and oxygen atoms in total. The summed E-state index contributed by atoms with van der Waals surface area (Å²) in [5.41, 5.74) is 1.24. The Morgan fingerprint density at radius 3 is 2.91 bits per heavy atom. The summed E-state index contributed by atoms with van der Waals surface area (Å²) in [6.45, 7) is 3.24. The van der Waals surface area contributed by atoms with Gasteiger partial charge < -0.3 is 10.2 Å². The monoisotopic (exact) mass is 291 g/mol. The van der Waals surface area contributed by atoms with E-state index in [0.717, 1.165) is 23.9 Å². The molecule has 3 unspecified atom stereocenters. The Morgan fingerprint density at radius 1 is 1.27 bits per heavy atom. The molecule has 22 heavy (non-hydrogen) atoms. The van der Waals surface area contributed by atoms with Gasteiger partial charge in [0.1, 0.15) is 0 Å². The molecule has 3 atom stereocenters. The van der Waals surface area contributed by atoms with Gasteiger partial charge in [0.05, 0.1) is 11.6 Å². The van der Waals surface area contributed by atoms with E-state index in [9.17, 15) is 10.1 Å². The van der Waals surface area contributed by atoms with Crippen LogP contribution in [-0.4, -0.2) is 36.5 Å². The van der Waals surface area contributed by atoms with Crippen molar-refractivity contribution in [3.05, 3.63) is 47.5 Å². The van der Waals surface area contributed by atoms with Gasteiger partial charge in [-0.2, -0.15) is 5.26 Å². The lowest BCUT2D eigenvalue weighted by Gasteiger charge is -2.23. The normalized spacial score (nSPS) is 26.0. The minimum absolute atomic E-state index is 0.0339. The number of carbonyl (C=O) groups excluding carboxylic acids is 1. The lowest BCUT2D eigenvalue weighted by molar-refractivity contribution is 0.0924. The number of fused-ring (bicyclic) bond motifs is 3. The van der Waals surface area contributed by atoms with E-state index < -0.39 is 0 Å². The van der Waals surface area contributed by atoms with Crippen LogP contribution >= 0.6 is 0 Å². The maximum Gasteiger partial charge on any atom is 0.251 e. The summed E-state index contributed by atoms with van der Waals surface area (Å²) in [5.74, 6) is 0.562. The largest absolute Gasteiger partial charge is 0.348 e. The van der Waals surface area contributed by atoms with Gasteiger partial charge in [-0.3, -0.25) is 4.79 Å². The Kier molecular flexibility index (Phi) is 3.09. The Hall–Kier alpha value is -2.38. The smallest absolute Gasteiger partial charge is 0.251 e. The van der Waals surface area contributed by atoms with Crippen LogP contribution in [0.25, 0.3) is 10.8 Å². The average molecular weight is 291 g/mol. The van der Waals surface area contributed by atoms with Crippen molar-refractivity contribution in [2.75, 3.05) is 19.6 Å². The van der Waals surface area contributed by atoms with Crippen LogP contribution < -0.4 is 5.32 Å². The van der Waals surface area contributed by atoms with Gasteiger partial charge in [0.2, 0.25) is 0 Å². The molecule has 110 valence electrons. The average Bonchev–Trinajstić information content (AvgIpc) is 3.16. The molecular weight excluding hydrogens is 274 g/mol. The van der Waals surface area contributed by atoms with Gasteiger partial charge in [0.25, 0.3) is 5.91 Å². The van der Waals surface area contributed by atoms with Gasteiger partial charge >= 0.3 is 0 Å². The van der Waals surface area contributed by atoms with Crippen LogP contribution in [0.4, 0.5) is 0 Å². The molecule has 2 aliphatic rings. The third-order valence-corrected chi connectivity index (χ3v) is 4.91. The molecule has 1 N–H and O–H groups in total. The van der Waals surface area contributed by atoms with Crippen LogP contribution in [-0.2, 0) is 0 Å². The molecule has 4 heteroatoms. The van der Waals surface area contributed by atoms with E-state index in [1.54, 1.807) is 6.07 Å². The molecule has 1 amide bonds. The topological polar surface area (TPSA) is 56.1 Å². The van der Waals surface area contributed by atoms with Crippen molar-refractivity contribution < 1.29 is 4.79 Å². The van der Waals surface area contributed by atoms with Gasteiger partial charge in [0.15, 0.2) is 0 Å². The fraction of sp³-hybridized carbons (Fsp3) is 0.333. The Morgan fingerprint density at radius 2 is 2.18 bits per heavy atom. The van der Waals surface area contributed by atoms with Crippen molar-refractivity contribution in [1.29, 1.82) is 5.26 Å². The van der Waals surface area contributed by atoms with Crippen molar-refractivity contribution in [3.63, 3.8) is 0 Å². The number of piperidine rings is 1. The maximum atomic E-state index is 12.5. The van der Waals surface area contributed by atoms with E-state index in [1.165, 1.54) is 13.0 Å². The summed E-state index contributed by atoms with van der Waals surface area (Å²) in [5, 5.41) is 14.2. The Labute approximate surface area is 129 Å². The number of nitrogens with zero attached hydrogens (tertiary/aromatic N) is 2. The summed E-state index contributed by atoms with van der Waals surface area (Å²) < 4.78 is 0. The Balaban J connectivity index is 1.61. The molecule has 2 saturated heterocycles. The van der Waals surface area contributed by atoms with E-state index in [-0.39, 0.29) is 11.9 Å². The van der Waals surface area contributed by atoms with Crippen molar-refractivity contribution >= 4 is 16.7 Å². The highest BCUT2D eigenvalue weighted by Gasteiger charge is 2.38. The third kappa shape index (κ3) is 2.15. The SMILES string of the molecule is N#Cc1cccc2ccc(C(=O)NC3CN4CCC3C4)cc12. The van der Waals surface area contributed by atoms with Crippen LogP contribution in [0.3, 0.4) is 0 Å². The van der Waals surface area contributed by atoms with Gasteiger partial charge in [-0.1, -0.05) is 18.2 Å². The Bertz CT molecular complexity index is 793. The number of amides is 1. The lowest BCUT2D eigenvalue weighted by atomic mass is 9.98. The molecule has 2 aromatic rings. The number of rotatable bonds is 2. The van der Waals surface area contributed by atoms with Gasteiger partial charge in [-0.15, -0.1) is 0 Å². The first-order valence-electron chi connectivity index (χ1n) is 7.71. The number of carbonyl (C=O) groups is 1. The van der Waals surface area contributed by atoms with Crippen molar-refractivity contribution in [3.8, 4) is 6.07 Å². The van der Waals surface area contributed by atoms with Gasteiger partial charge in [-0.05, 0) is 42.5 Å². The van der Waals surface area contributed by atoms with E-state index in [1.807, 2.05) is 30.3 Å². The quantitative estimate of drug-likeness (QED) is 0.922. The second kappa shape index (κ2) is 5.11. The van der Waals surface area contributed by atoms with Crippen molar-refractivity contribution in [2.24, 2.45) is 5.92 Å². The van der Waals surface area contributed by atoms with Gasteiger partial charge in [0, 0.05) is 30.1 Å². The van der Waals surface area contributed by atoms with Crippen LogP contribution in [0.2, 0.25) is 0 Å². The first-order valence-corrected chi connectivity index (χ1v) is 7.71. The fourth-order valence-electron chi connectivity index (χ4n) is 3.71. The zero-order chi connectivity index (χ0) is 15.1. The highest BCUT2D eigenvalue weighted by Crippen LogP contribution is 2.28. The number of nitriles is 1. The molecule has 2 heterocycles. The predicted molar refractivity (Wildman–Crippen MR) is 84.5 cm³/mol. The molecule has 0 aliphatic carbocycles. The number of nitrogens with one attached hydrogen (secondary N) is 1. The molecule has 2 fully saturated rings. The number of hydrogen-bond donors (Lipinski definition) is 1. The summed E-state index contributed by atoms with van der Waals surface area (Å²) in [6.07, 6.45) is 1.18. The molecule has 0 radical (unpaired) electrons. The molecule has 0 saturated carbocycles. The van der Waals surface area contributed by atoms with Crippen LogP contribution in [0.1, 0.15) is 22.3 Å². The zero-order valence-corrected chi connectivity index (χ0v) is 12.2. The van der Waals surface area contributed by atoms with Crippen molar-refractivity contribution in [2.45, 2.75) is 12.5 Å². The maximum absolute atomic E-state index is 12.5. The molecule has 0 spiro atoms. The third-order valence-electron chi connectivity index (χ3n) is 4.91. The standard InChI is InChI=1S/C18H17N3O/c19-9-14-3-1-2-12-4-5-13(8-16(12)14)18(22)20-17-11-21-7-6-15(17)10-21/h1-5,8,15,17H,6-7,10-11H2,(H,20,22). The molecule has 2 bridgehead atoms. The molecule has 0 aromatic heterocycles. The number of hydrogen-bond acceptors (Lipinski definition) is 3. The molecule has 2 aromatic carbocycles. The van der Waals surface area contributed by atoms with E-state index in [4.69, 9.17) is 0 Å². The molecular formula is C18H17N3O. The first-order chi connectivity index (χ1) is 10.7. The fourth-order valence-corrected chi connectivity index (χ4v) is 3.71. The molecule has 4 rings (SSSR count). The van der Waals surface area contributed by atoms with Crippen LogP contribution in [0, 0.1) is 17.2 Å². The highest BCUT2D eigenvalue weighted by atomic mass is 16.1. The molecule has 2 aliphatic heterocycles. The number of benzene rings is 2. The lowest BCUT2D eigenvalue weighted by Crippen LogP contribution is -2.43. The zero-order valence-electron chi connectivity index (χ0n) is 12.2. The van der Waals surface area contributed by atoms with Gasteiger partial charge in [-0.25, -0.2) is 0 Å². The highest BCUT2D eigenvalue weighted by molar-refractivity contribution is 6.00. The predicted octanol–water partition coefficient (Wildman–Crippen LogP) is 2.15. The summed E-state index contributed by atoms with van der Waals surface area (Å²) in [4.78, 5) is 14.9. The minimum Gasteiger partial charge on any atom is -0.348 e. The van der Waals surface area contributed by atoms with E-state index in [2.05, 4.69) is 16.3 Å². The minimum atomic E-state index is -0.0339. The van der Waals surface area contributed by atoms with Crippen molar-refractivity contribution in [1.82, 2.24) is 10.2 Å². The summed E-state index contributed by atoms with van der Waals surface area (Å²) in [7, 11) is 0. The van der Waals surface area contributed by atoms with E-state index in [0.29, 0.717) is 17.0 Å². The summed E-state index contributed by atoms with van der Waals surface area (Å²) >= 11 is 0. The second-order valence-corrected chi connectivity index (χ2v) is 6.24. The van der Waals surface area contributed by atoms with Crippen LogP contribution in [0.15, 0.2) is 36.4 Å².